The number of nitrogens with one attached hydrogen (secondary N) is 2. The molecule has 1 heterocycles. The van der Waals surface area contributed by atoms with E-state index in [2.05, 4.69) is 27.4 Å². The molecule has 0 aromatic heterocycles. The van der Waals surface area contributed by atoms with Gasteiger partial charge in [0.05, 0.1) is 12.6 Å². The van der Waals surface area contributed by atoms with Gasteiger partial charge in [0.1, 0.15) is 0 Å². The number of hydrogen-bond donors (Lipinski definition) is 2. The molecule has 1 aliphatic heterocycles. The number of nitrogens with zero attached hydrogens (tertiary/aromatic N) is 2. The molecule has 0 bridgehead atoms. The molecular weight excluding hydrogens is 352 g/mol. The summed E-state index contributed by atoms with van der Waals surface area (Å²) in [7, 11) is 0. The molecule has 2 N–H and O–H groups in total. The van der Waals surface area contributed by atoms with Gasteiger partial charge in [-0.05, 0) is 45.7 Å². The predicted octanol–water partition coefficient (Wildman–Crippen LogP) is 2.00. The zero-order valence-electron chi connectivity index (χ0n) is 17.8. The number of carbonyl (C=O) groups excluding carboxylic acids is 2. The van der Waals surface area contributed by atoms with Crippen LogP contribution >= 0.6 is 0 Å². The molecule has 1 aromatic carbocycles. The monoisotopic (exact) mass is 388 g/mol. The second-order valence-corrected chi connectivity index (χ2v) is 8.59. The Morgan fingerprint density at radius 2 is 1.79 bits per heavy atom. The average molecular weight is 389 g/mol. The molecule has 28 heavy (non-hydrogen) atoms. The van der Waals surface area contributed by atoms with Crippen LogP contribution < -0.4 is 10.6 Å². The summed E-state index contributed by atoms with van der Waals surface area (Å²) in [4.78, 5) is 29.4. The van der Waals surface area contributed by atoms with Crippen LogP contribution in [0.25, 0.3) is 0 Å². The Morgan fingerprint density at radius 3 is 2.43 bits per heavy atom. The highest BCUT2D eigenvalue weighted by molar-refractivity contribution is 5.81. The predicted molar refractivity (Wildman–Crippen MR) is 113 cm³/mol. The molecule has 1 fully saturated rings. The van der Waals surface area contributed by atoms with E-state index in [-0.39, 0.29) is 23.4 Å². The molecule has 1 aliphatic rings. The van der Waals surface area contributed by atoms with Gasteiger partial charge in [0.25, 0.3) is 0 Å². The van der Waals surface area contributed by atoms with E-state index in [1.165, 1.54) is 0 Å². The highest BCUT2D eigenvalue weighted by atomic mass is 16.2. The molecule has 6 nitrogen and oxygen atoms in total. The Morgan fingerprint density at radius 1 is 1.07 bits per heavy atom. The van der Waals surface area contributed by atoms with Gasteiger partial charge >= 0.3 is 0 Å². The summed E-state index contributed by atoms with van der Waals surface area (Å²) in [6.45, 7) is 12.4. The molecule has 0 spiro atoms. The van der Waals surface area contributed by atoms with Crippen LogP contribution in [-0.2, 0) is 16.1 Å². The Kier molecular flexibility index (Phi) is 8.45. The van der Waals surface area contributed by atoms with Crippen LogP contribution in [0.5, 0.6) is 0 Å². The third-order valence-corrected chi connectivity index (χ3v) is 4.94. The van der Waals surface area contributed by atoms with Crippen molar-refractivity contribution in [3.8, 4) is 0 Å². The summed E-state index contributed by atoms with van der Waals surface area (Å²) in [6, 6.07) is 9.87. The number of hydrogen-bond acceptors (Lipinski definition) is 4. The largest absolute Gasteiger partial charge is 0.351 e. The zero-order chi connectivity index (χ0) is 20.6. The van der Waals surface area contributed by atoms with Crippen molar-refractivity contribution in [1.29, 1.82) is 0 Å². The van der Waals surface area contributed by atoms with Crippen LogP contribution in [0.4, 0.5) is 0 Å². The lowest BCUT2D eigenvalue weighted by Crippen LogP contribution is -2.48. The maximum Gasteiger partial charge on any atom is 0.237 e. The zero-order valence-corrected chi connectivity index (χ0v) is 17.8. The highest BCUT2D eigenvalue weighted by Gasteiger charge is 2.27. The summed E-state index contributed by atoms with van der Waals surface area (Å²) >= 11 is 0. The SMILES string of the molecule is CC[C@H](C(=O)NCc1ccccc1)N1CCCN(CC(=O)NC(C)(C)C)CC1. The highest BCUT2D eigenvalue weighted by Crippen LogP contribution is 2.11. The van der Waals surface area contributed by atoms with E-state index in [9.17, 15) is 9.59 Å². The van der Waals surface area contributed by atoms with Crippen molar-refractivity contribution in [2.45, 2.75) is 58.7 Å². The summed E-state index contributed by atoms with van der Waals surface area (Å²) in [6.07, 6.45) is 1.75. The first kappa shape index (κ1) is 22.4. The smallest absolute Gasteiger partial charge is 0.237 e. The van der Waals surface area contributed by atoms with Crippen molar-refractivity contribution in [2.75, 3.05) is 32.7 Å². The number of amides is 2. The summed E-state index contributed by atoms with van der Waals surface area (Å²) in [5.74, 6) is 0.152. The summed E-state index contributed by atoms with van der Waals surface area (Å²) in [5.41, 5.74) is 0.900. The quantitative estimate of drug-likeness (QED) is 0.750. The third kappa shape index (κ3) is 7.60. The normalized spacial score (nSPS) is 17.6. The first-order chi connectivity index (χ1) is 13.3. The van der Waals surface area contributed by atoms with E-state index in [4.69, 9.17) is 0 Å². The van der Waals surface area contributed by atoms with Crippen LogP contribution in [0.1, 0.15) is 46.1 Å². The van der Waals surface area contributed by atoms with Crippen LogP contribution in [0.3, 0.4) is 0 Å². The van der Waals surface area contributed by atoms with Gasteiger partial charge in [-0.1, -0.05) is 37.3 Å². The second kappa shape index (κ2) is 10.6. The van der Waals surface area contributed by atoms with E-state index >= 15 is 0 Å². The first-order valence-electron chi connectivity index (χ1n) is 10.4. The van der Waals surface area contributed by atoms with Crippen LogP contribution in [0, 0.1) is 0 Å². The molecule has 2 rings (SSSR count). The van der Waals surface area contributed by atoms with Crippen LogP contribution in [0.2, 0.25) is 0 Å². The Bertz CT molecular complexity index is 627. The van der Waals surface area contributed by atoms with Gasteiger partial charge in [0.2, 0.25) is 11.8 Å². The molecule has 1 aromatic rings. The maximum absolute atomic E-state index is 12.7. The molecule has 156 valence electrons. The third-order valence-electron chi connectivity index (χ3n) is 4.94. The number of rotatable bonds is 7. The van der Waals surface area contributed by atoms with Crippen molar-refractivity contribution in [2.24, 2.45) is 0 Å². The molecule has 2 amide bonds. The van der Waals surface area contributed by atoms with E-state index < -0.39 is 0 Å². The Balaban J connectivity index is 1.84. The van der Waals surface area contributed by atoms with Gasteiger partial charge < -0.3 is 10.6 Å². The Hall–Kier alpha value is -1.92. The molecule has 0 saturated carbocycles. The summed E-state index contributed by atoms with van der Waals surface area (Å²) < 4.78 is 0. The molecule has 6 heteroatoms. The lowest BCUT2D eigenvalue weighted by atomic mass is 10.1. The van der Waals surface area contributed by atoms with Crippen LogP contribution in [0.15, 0.2) is 30.3 Å². The topological polar surface area (TPSA) is 64.7 Å². The standard InChI is InChI=1S/C22H36N4O2/c1-5-19(21(28)23-16-18-10-7-6-8-11-18)26-13-9-12-25(14-15-26)17-20(27)24-22(2,3)4/h6-8,10-11,19H,5,9,12-17H2,1-4H3,(H,23,28)(H,24,27)/t19-/m1/s1. The molecule has 1 saturated heterocycles. The second-order valence-electron chi connectivity index (χ2n) is 8.59. The molecule has 0 radical (unpaired) electrons. The maximum atomic E-state index is 12.7. The summed E-state index contributed by atoms with van der Waals surface area (Å²) in [5, 5.41) is 6.10. The van der Waals surface area contributed by atoms with Crippen molar-refractivity contribution in [1.82, 2.24) is 20.4 Å². The minimum absolute atomic E-state index is 0.0635. The molecule has 1 atom stereocenters. The van der Waals surface area contributed by atoms with Crippen molar-refractivity contribution < 1.29 is 9.59 Å². The molecule has 0 unspecified atom stereocenters. The van der Waals surface area contributed by atoms with E-state index in [1.807, 2.05) is 51.1 Å². The fourth-order valence-electron chi connectivity index (χ4n) is 3.63. The van der Waals surface area contributed by atoms with Crippen LogP contribution in [-0.4, -0.2) is 65.9 Å². The van der Waals surface area contributed by atoms with Gasteiger partial charge in [0.15, 0.2) is 0 Å². The number of benzene rings is 1. The van der Waals surface area contributed by atoms with Gasteiger partial charge in [-0.2, -0.15) is 0 Å². The van der Waals surface area contributed by atoms with E-state index in [0.29, 0.717) is 13.1 Å². The van der Waals surface area contributed by atoms with Crippen molar-refractivity contribution in [3.63, 3.8) is 0 Å². The molecular formula is C22H36N4O2. The van der Waals surface area contributed by atoms with Crippen molar-refractivity contribution >= 4 is 11.8 Å². The number of carbonyl (C=O) groups is 2. The first-order valence-corrected chi connectivity index (χ1v) is 10.4. The van der Waals surface area contributed by atoms with E-state index in [1.54, 1.807) is 0 Å². The lowest BCUT2D eigenvalue weighted by Gasteiger charge is -2.29. The van der Waals surface area contributed by atoms with Gasteiger partial charge in [0, 0.05) is 31.7 Å². The van der Waals surface area contributed by atoms with Gasteiger partial charge in [-0.3, -0.25) is 19.4 Å². The lowest BCUT2D eigenvalue weighted by molar-refractivity contribution is -0.127. The minimum Gasteiger partial charge on any atom is -0.351 e. The average Bonchev–Trinajstić information content (AvgIpc) is 2.85. The minimum atomic E-state index is -0.209. The Labute approximate surface area is 169 Å². The van der Waals surface area contributed by atoms with Gasteiger partial charge in [-0.25, -0.2) is 0 Å². The fraction of sp³-hybridized carbons (Fsp3) is 0.636. The fourth-order valence-corrected chi connectivity index (χ4v) is 3.63. The van der Waals surface area contributed by atoms with Crippen molar-refractivity contribution in [3.05, 3.63) is 35.9 Å². The van der Waals surface area contributed by atoms with Gasteiger partial charge in [-0.15, -0.1) is 0 Å². The van der Waals surface area contributed by atoms with E-state index in [0.717, 1.165) is 44.6 Å². The molecule has 0 aliphatic carbocycles.